The Morgan fingerprint density at radius 3 is 2.62 bits per heavy atom. The Bertz CT molecular complexity index is 747. The molecule has 0 saturated heterocycles. The van der Waals surface area contributed by atoms with Crippen LogP contribution in [0.3, 0.4) is 0 Å². The summed E-state index contributed by atoms with van der Waals surface area (Å²) < 4.78 is 23.6. The van der Waals surface area contributed by atoms with Gasteiger partial charge in [-0.15, -0.1) is 11.6 Å². The molecule has 0 atom stereocenters. The maximum absolute atomic E-state index is 12.9. The Labute approximate surface area is 143 Å². The summed E-state index contributed by atoms with van der Waals surface area (Å²) in [7, 11) is 1.24. The van der Waals surface area contributed by atoms with Crippen molar-refractivity contribution >= 4 is 23.6 Å². The fourth-order valence-corrected chi connectivity index (χ4v) is 2.10. The SMILES string of the molecule is COC(=O)/C=C/c1c(OCc2ccc(F)cc2)ccc(CCl)[n+]1[O-]. The number of rotatable bonds is 6. The summed E-state index contributed by atoms with van der Waals surface area (Å²) in [5, 5.41) is 12.3. The van der Waals surface area contributed by atoms with E-state index in [1.165, 1.54) is 31.4 Å². The van der Waals surface area contributed by atoms with Gasteiger partial charge < -0.3 is 14.7 Å². The van der Waals surface area contributed by atoms with Crippen LogP contribution in [0.1, 0.15) is 17.0 Å². The predicted molar refractivity (Wildman–Crippen MR) is 86.7 cm³/mol. The molecule has 1 heterocycles. The first-order chi connectivity index (χ1) is 11.5. The zero-order valence-corrected chi connectivity index (χ0v) is 13.6. The molecule has 2 rings (SSSR count). The van der Waals surface area contributed by atoms with Crippen molar-refractivity contribution in [2.75, 3.05) is 7.11 Å². The highest BCUT2D eigenvalue weighted by Crippen LogP contribution is 2.19. The van der Waals surface area contributed by atoms with E-state index in [1.54, 1.807) is 18.2 Å². The smallest absolute Gasteiger partial charge is 0.330 e. The van der Waals surface area contributed by atoms with Gasteiger partial charge in [-0.2, -0.15) is 4.73 Å². The van der Waals surface area contributed by atoms with Crippen molar-refractivity contribution in [3.63, 3.8) is 0 Å². The lowest BCUT2D eigenvalue weighted by atomic mass is 10.2. The minimum absolute atomic E-state index is 0.0147. The minimum Gasteiger partial charge on any atom is -0.618 e. The molecular formula is C17H15ClFNO4. The number of methoxy groups -OCH3 is 1. The summed E-state index contributed by atoms with van der Waals surface area (Å²) in [5.41, 5.74) is 1.18. The molecule has 0 aliphatic carbocycles. The number of alkyl halides is 1. The molecule has 5 nitrogen and oxygen atoms in total. The molecule has 0 radical (unpaired) electrons. The van der Waals surface area contributed by atoms with Crippen LogP contribution in [0, 0.1) is 11.0 Å². The van der Waals surface area contributed by atoms with E-state index in [2.05, 4.69) is 4.74 Å². The highest BCUT2D eigenvalue weighted by atomic mass is 35.5. The van der Waals surface area contributed by atoms with Crippen LogP contribution >= 0.6 is 11.6 Å². The number of carbonyl (C=O) groups excluding carboxylic acids is 1. The number of halogens is 2. The summed E-state index contributed by atoms with van der Waals surface area (Å²) in [6.07, 6.45) is 2.42. The number of nitrogens with zero attached hydrogens (tertiary/aromatic N) is 1. The van der Waals surface area contributed by atoms with Crippen molar-refractivity contribution in [1.29, 1.82) is 0 Å². The molecule has 0 aliphatic heterocycles. The number of esters is 1. The van der Waals surface area contributed by atoms with Gasteiger partial charge in [0.25, 0.3) is 5.69 Å². The fourth-order valence-electron chi connectivity index (χ4n) is 1.91. The lowest BCUT2D eigenvalue weighted by Gasteiger charge is -2.11. The molecule has 1 aromatic heterocycles. The van der Waals surface area contributed by atoms with Crippen LogP contribution in [-0.4, -0.2) is 13.1 Å². The van der Waals surface area contributed by atoms with Crippen LogP contribution in [-0.2, 0) is 22.0 Å². The van der Waals surface area contributed by atoms with E-state index in [0.717, 1.165) is 11.6 Å². The third kappa shape index (κ3) is 4.45. The van der Waals surface area contributed by atoms with Crippen LogP contribution in [0.15, 0.2) is 42.5 Å². The summed E-state index contributed by atoms with van der Waals surface area (Å²) in [4.78, 5) is 11.3. The second kappa shape index (κ2) is 8.31. The van der Waals surface area contributed by atoms with Crippen molar-refractivity contribution in [3.8, 4) is 5.75 Å². The first-order valence-corrected chi connectivity index (χ1v) is 7.53. The number of pyridine rings is 1. The summed E-state index contributed by atoms with van der Waals surface area (Å²) in [6.45, 7) is 0.138. The molecule has 0 bridgehead atoms. The number of hydrogen-bond acceptors (Lipinski definition) is 4. The quantitative estimate of drug-likeness (QED) is 0.264. The Kier molecular flexibility index (Phi) is 6.14. The highest BCUT2D eigenvalue weighted by molar-refractivity contribution is 6.16. The van der Waals surface area contributed by atoms with Crippen LogP contribution in [0.5, 0.6) is 5.75 Å². The highest BCUT2D eigenvalue weighted by Gasteiger charge is 2.16. The molecular weight excluding hydrogens is 337 g/mol. The van der Waals surface area contributed by atoms with Gasteiger partial charge in [0.1, 0.15) is 18.3 Å². The van der Waals surface area contributed by atoms with E-state index >= 15 is 0 Å². The van der Waals surface area contributed by atoms with E-state index < -0.39 is 5.97 Å². The topological polar surface area (TPSA) is 62.5 Å². The molecule has 0 unspecified atom stereocenters. The number of hydrogen-bond donors (Lipinski definition) is 0. The molecule has 24 heavy (non-hydrogen) atoms. The second-order valence-electron chi connectivity index (χ2n) is 4.77. The summed E-state index contributed by atoms with van der Waals surface area (Å²) in [6, 6.07) is 8.93. The molecule has 0 N–H and O–H groups in total. The molecule has 0 amide bonds. The van der Waals surface area contributed by atoms with Crippen molar-refractivity contribution < 1.29 is 23.4 Å². The van der Waals surface area contributed by atoms with Gasteiger partial charge in [0, 0.05) is 18.2 Å². The van der Waals surface area contributed by atoms with Gasteiger partial charge >= 0.3 is 5.97 Å². The summed E-state index contributed by atoms with van der Waals surface area (Å²) >= 11 is 5.72. The molecule has 126 valence electrons. The van der Waals surface area contributed by atoms with E-state index in [4.69, 9.17) is 16.3 Å². The molecule has 1 aromatic carbocycles. The average molecular weight is 352 g/mol. The lowest BCUT2D eigenvalue weighted by molar-refractivity contribution is -0.615. The first kappa shape index (κ1) is 17.7. The van der Waals surface area contributed by atoms with E-state index in [0.29, 0.717) is 10.4 Å². The monoisotopic (exact) mass is 351 g/mol. The molecule has 0 spiro atoms. The Hall–Kier alpha value is -2.60. The minimum atomic E-state index is -0.601. The van der Waals surface area contributed by atoms with Gasteiger partial charge in [0.05, 0.1) is 7.11 Å². The number of benzene rings is 1. The molecule has 0 fully saturated rings. The van der Waals surface area contributed by atoms with Gasteiger partial charge in [-0.25, -0.2) is 9.18 Å². The molecule has 7 heteroatoms. The second-order valence-corrected chi connectivity index (χ2v) is 5.04. The zero-order valence-electron chi connectivity index (χ0n) is 12.9. The Balaban J connectivity index is 2.27. The first-order valence-electron chi connectivity index (χ1n) is 7.00. The molecule has 0 saturated carbocycles. The van der Waals surface area contributed by atoms with Crippen LogP contribution < -0.4 is 9.47 Å². The van der Waals surface area contributed by atoms with Crippen molar-refractivity contribution in [3.05, 3.63) is 70.5 Å². The molecule has 0 aliphatic rings. The number of carbonyl (C=O) groups is 1. The van der Waals surface area contributed by atoms with Crippen LogP contribution in [0.2, 0.25) is 0 Å². The van der Waals surface area contributed by atoms with E-state index in [-0.39, 0.29) is 29.7 Å². The number of aromatic nitrogens is 1. The van der Waals surface area contributed by atoms with Crippen LogP contribution in [0.25, 0.3) is 6.08 Å². The van der Waals surface area contributed by atoms with Gasteiger partial charge in [-0.3, -0.25) is 0 Å². The van der Waals surface area contributed by atoms with Crippen LogP contribution in [0.4, 0.5) is 4.39 Å². The predicted octanol–water partition coefficient (Wildman–Crippen LogP) is 2.96. The standard InChI is InChI=1S/C17H15ClFNO4/c1-23-17(21)9-7-15-16(8-6-14(10-18)20(15)22)24-11-12-2-4-13(19)5-3-12/h2-9H,10-11H2,1H3/b9-7+. The fraction of sp³-hybridized carbons (Fsp3) is 0.176. The van der Waals surface area contributed by atoms with E-state index in [1.807, 2.05) is 0 Å². The average Bonchev–Trinajstić information content (AvgIpc) is 2.60. The maximum Gasteiger partial charge on any atom is 0.330 e. The third-order valence-electron chi connectivity index (χ3n) is 3.18. The van der Waals surface area contributed by atoms with Crippen molar-refractivity contribution in [1.82, 2.24) is 0 Å². The van der Waals surface area contributed by atoms with Crippen molar-refractivity contribution in [2.24, 2.45) is 0 Å². The number of ether oxygens (including phenoxy) is 2. The third-order valence-corrected chi connectivity index (χ3v) is 3.46. The molecule has 2 aromatic rings. The Morgan fingerprint density at radius 1 is 1.29 bits per heavy atom. The van der Waals surface area contributed by atoms with Gasteiger partial charge in [0.2, 0.25) is 5.69 Å². The summed E-state index contributed by atoms with van der Waals surface area (Å²) in [5.74, 6) is -0.663. The Morgan fingerprint density at radius 2 is 2.00 bits per heavy atom. The van der Waals surface area contributed by atoms with Gasteiger partial charge in [-0.05, 0) is 23.8 Å². The maximum atomic E-state index is 12.9. The lowest BCUT2D eigenvalue weighted by Crippen LogP contribution is -2.35. The van der Waals surface area contributed by atoms with E-state index in [9.17, 15) is 14.4 Å². The zero-order chi connectivity index (χ0) is 17.5. The largest absolute Gasteiger partial charge is 0.618 e. The van der Waals surface area contributed by atoms with Gasteiger partial charge in [-0.1, -0.05) is 12.1 Å². The van der Waals surface area contributed by atoms with Crippen molar-refractivity contribution in [2.45, 2.75) is 12.5 Å². The normalized spacial score (nSPS) is 10.8. The van der Waals surface area contributed by atoms with Gasteiger partial charge in [0.15, 0.2) is 5.75 Å².